The second kappa shape index (κ2) is 5.55. The van der Waals surface area contributed by atoms with Crippen molar-refractivity contribution in [3.05, 3.63) is 29.8 Å². The SMILES string of the molecule is CC1(C(=O)O)CCN(Cc2ccc(OC(F)(F)F)cc2)C1. The minimum atomic E-state index is -4.69. The molecule has 1 atom stereocenters. The summed E-state index contributed by atoms with van der Waals surface area (Å²) in [5.74, 6) is -1.08. The van der Waals surface area contributed by atoms with Crippen LogP contribution in [0.4, 0.5) is 13.2 Å². The minimum absolute atomic E-state index is 0.261. The fourth-order valence-corrected chi connectivity index (χ4v) is 2.42. The molecule has 1 unspecified atom stereocenters. The van der Waals surface area contributed by atoms with E-state index in [0.29, 0.717) is 26.1 Å². The summed E-state index contributed by atoms with van der Waals surface area (Å²) in [6.07, 6.45) is -4.13. The van der Waals surface area contributed by atoms with Gasteiger partial charge >= 0.3 is 12.3 Å². The van der Waals surface area contributed by atoms with Gasteiger partial charge in [0.1, 0.15) is 5.75 Å². The summed E-state index contributed by atoms with van der Waals surface area (Å²) in [6, 6.07) is 5.62. The molecule has 1 aromatic rings. The smallest absolute Gasteiger partial charge is 0.481 e. The number of carboxylic acid groups (broad SMARTS) is 1. The average molecular weight is 303 g/mol. The summed E-state index contributed by atoms with van der Waals surface area (Å²) in [4.78, 5) is 13.1. The zero-order valence-corrected chi connectivity index (χ0v) is 11.5. The van der Waals surface area contributed by atoms with Gasteiger partial charge in [-0.3, -0.25) is 9.69 Å². The molecule has 1 N–H and O–H groups in total. The van der Waals surface area contributed by atoms with Gasteiger partial charge in [0.2, 0.25) is 0 Å². The molecule has 0 amide bonds. The van der Waals surface area contributed by atoms with Gasteiger partial charge in [-0.05, 0) is 37.6 Å². The highest BCUT2D eigenvalue weighted by molar-refractivity contribution is 5.74. The molecule has 1 fully saturated rings. The first-order valence-corrected chi connectivity index (χ1v) is 6.48. The van der Waals surface area contributed by atoms with Crippen LogP contribution in [0.25, 0.3) is 0 Å². The first kappa shape index (κ1) is 15.6. The second-order valence-corrected chi connectivity index (χ2v) is 5.52. The van der Waals surface area contributed by atoms with Crippen LogP contribution in [0, 0.1) is 5.41 Å². The number of rotatable bonds is 4. The van der Waals surface area contributed by atoms with Gasteiger partial charge in [-0.15, -0.1) is 13.2 Å². The molecule has 0 aromatic heterocycles. The van der Waals surface area contributed by atoms with Gasteiger partial charge in [0, 0.05) is 13.1 Å². The zero-order chi connectivity index (χ0) is 15.7. The molecule has 1 aromatic carbocycles. The van der Waals surface area contributed by atoms with Crippen molar-refractivity contribution >= 4 is 5.97 Å². The average Bonchev–Trinajstić information content (AvgIpc) is 2.73. The Morgan fingerprint density at radius 1 is 1.38 bits per heavy atom. The zero-order valence-electron chi connectivity index (χ0n) is 11.5. The van der Waals surface area contributed by atoms with E-state index >= 15 is 0 Å². The first-order chi connectivity index (χ1) is 9.68. The maximum absolute atomic E-state index is 12.0. The number of ether oxygens (including phenoxy) is 1. The van der Waals surface area contributed by atoms with Crippen LogP contribution >= 0.6 is 0 Å². The predicted octanol–water partition coefficient (Wildman–Crippen LogP) is 2.88. The Balaban J connectivity index is 1.94. The Labute approximate surface area is 120 Å². The number of carboxylic acids is 1. The van der Waals surface area contributed by atoms with Crippen molar-refractivity contribution in [2.45, 2.75) is 26.3 Å². The molecule has 1 heterocycles. The Morgan fingerprint density at radius 2 is 2.00 bits per heavy atom. The van der Waals surface area contributed by atoms with E-state index in [-0.39, 0.29) is 5.75 Å². The van der Waals surface area contributed by atoms with E-state index in [1.807, 2.05) is 4.90 Å². The lowest BCUT2D eigenvalue weighted by Gasteiger charge is -2.20. The molecule has 21 heavy (non-hydrogen) atoms. The summed E-state index contributed by atoms with van der Waals surface area (Å²) in [5, 5.41) is 9.15. The molecular weight excluding hydrogens is 287 g/mol. The van der Waals surface area contributed by atoms with Crippen LogP contribution < -0.4 is 4.74 Å². The van der Waals surface area contributed by atoms with Gasteiger partial charge in [-0.2, -0.15) is 0 Å². The van der Waals surface area contributed by atoms with Crippen LogP contribution in [0.1, 0.15) is 18.9 Å². The highest BCUT2D eigenvalue weighted by Gasteiger charge is 2.40. The number of carbonyl (C=O) groups is 1. The lowest BCUT2D eigenvalue weighted by molar-refractivity contribution is -0.274. The summed E-state index contributed by atoms with van der Waals surface area (Å²) >= 11 is 0. The summed E-state index contributed by atoms with van der Waals surface area (Å²) in [7, 11) is 0. The molecule has 0 spiro atoms. The minimum Gasteiger partial charge on any atom is -0.481 e. The van der Waals surface area contributed by atoms with Gasteiger partial charge < -0.3 is 9.84 Å². The topological polar surface area (TPSA) is 49.8 Å². The Hall–Kier alpha value is -1.76. The van der Waals surface area contributed by atoms with Crippen LogP contribution in [-0.4, -0.2) is 35.4 Å². The number of benzene rings is 1. The number of hydrogen-bond acceptors (Lipinski definition) is 3. The quantitative estimate of drug-likeness (QED) is 0.929. The van der Waals surface area contributed by atoms with E-state index in [9.17, 15) is 18.0 Å². The largest absolute Gasteiger partial charge is 0.573 e. The number of hydrogen-bond donors (Lipinski definition) is 1. The van der Waals surface area contributed by atoms with Gasteiger partial charge in [-0.25, -0.2) is 0 Å². The molecule has 1 aliphatic rings. The van der Waals surface area contributed by atoms with E-state index in [1.54, 1.807) is 19.1 Å². The molecule has 0 aliphatic carbocycles. The van der Waals surface area contributed by atoms with Gasteiger partial charge in [0.15, 0.2) is 0 Å². The molecule has 0 bridgehead atoms. The number of halogens is 3. The van der Waals surface area contributed by atoms with Gasteiger partial charge in [0.05, 0.1) is 5.41 Å². The Bertz CT molecular complexity index is 515. The van der Waals surface area contributed by atoms with E-state index in [0.717, 1.165) is 5.56 Å². The van der Waals surface area contributed by atoms with E-state index in [4.69, 9.17) is 5.11 Å². The van der Waals surface area contributed by atoms with Crippen molar-refractivity contribution in [1.29, 1.82) is 0 Å². The standard InChI is InChI=1S/C14H16F3NO3/c1-13(12(19)20)6-7-18(9-13)8-10-2-4-11(5-3-10)21-14(15,16)17/h2-5H,6-9H2,1H3,(H,19,20). The van der Waals surface area contributed by atoms with E-state index in [1.165, 1.54) is 12.1 Å². The van der Waals surface area contributed by atoms with E-state index in [2.05, 4.69) is 4.74 Å². The fraction of sp³-hybridized carbons (Fsp3) is 0.500. The maximum Gasteiger partial charge on any atom is 0.573 e. The van der Waals surface area contributed by atoms with Crippen LogP contribution in [-0.2, 0) is 11.3 Å². The molecule has 1 saturated heterocycles. The molecule has 7 heteroatoms. The summed E-state index contributed by atoms with van der Waals surface area (Å²) in [5.41, 5.74) is 0.0680. The van der Waals surface area contributed by atoms with Crippen LogP contribution in [0.2, 0.25) is 0 Å². The van der Waals surface area contributed by atoms with Crippen molar-refractivity contribution in [3.8, 4) is 5.75 Å². The Kier molecular flexibility index (Phi) is 4.13. The predicted molar refractivity (Wildman–Crippen MR) is 68.8 cm³/mol. The molecule has 4 nitrogen and oxygen atoms in total. The van der Waals surface area contributed by atoms with Crippen molar-refractivity contribution in [1.82, 2.24) is 4.90 Å². The van der Waals surface area contributed by atoms with Crippen molar-refractivity contribution < 1.29 is 27.8 Å². The third-order valence-electron chi connectivity index (χ3n) is 3.63. The fourth-order valence-electron chi connectivity index (χ4n) is 2.42. The highest BCUT2D eigenvalue weighted by atomic mass is 19.4. The van der Waals surface area contributed by atoms with Crippen LogP contribution in [0.3, 0.4) is 0 Å². The first-order valence-electron chi connectivity index (χ1n) is 6.48. The Morgan fingerprint density at radius 3 is 2.48 bits per heavy atom. The third kappa shape index (κ3) is 4.10. The van der Waals surface area contributed by atoms with Crippen molar-refractivity contribution in [2.75, 3.05) is 13.1 Å². The maximum atomic E-state index is 12.0. The van der Waals surface area contributed by atoms with Crippen molar-refractivity contribution in [2.24, 2.45) is 5.41 Å². The molecule has 116 valence electrons. The normalized spacial score (nSPS) is 23.2. The second-order valence-electron chi connectivity index (χ2n) is 5.52. The summed E-state index contributed by atoms with van der Waals surface area (Å²) < 4.78 is 39.9. The number of aliphatic carboxylic acids is 1. The lowest BCUT2D eigenvalue weighted by atomic mass is 9.90. The van der Waals surface area contributed by atoms with Gasteiger partial charge in [-0.1, -0.05) is 12.1 Å². The molecule has 1 aliphatic heterocycles. The number of alkyl halides is 3. The van der Waals surface area contributed by atoms with Gasteiger partial charge in [0.25, 0.3) is 0 Å². The number of nitrogens with zero attached hydrogens (tertiary/aromatic N) is 1. The molecule has 0 saturated carbocycles. The molecule has 2 rings (SSSR count). The monoisotopic (exact) mass is 303 g/mol. The van der Waals surface area contributed by atoms with Crippen LogP contribution in [0.15, 0.2) is 24.3 Å². The van der Waals surface area contributed by atoms with E-state index < -0.39 is 17.7 Å². The van der Waals surface area contributed by atoms with Crippen LogP contribution in [0.5, 0.6) is 5.75 Å². The highest BCUT2D eigenvalue weighted by Crippen LogP contribution is 2.31. The molecule has 0 radical (unpaired) electrons. The molecular formula is C14H16F3NO3. The number of likely N-dealkylation sites (tertiary alicyclic amines) is 1. The third-order valence-corrected chi connectivity index (χ3v) is 3.63. The summed E-state index contributed by atoms with van der Waals surface area (Å²) in [6.45, 7) is 3.30. The lowest BCUT2D eigenvalue weighted by Crippen LogP contribution is -2.31. The van der Waals surface area contributed by atoms with Crippen molar-refractivity contribution in [3.63, 3.8) is 0 Å².